The van der Waals surface area contributed by atoms with E-state index in [0.29, 0.717) is 16.4 Å². The second kappa shape index (κ2) is 5.79. The van der Waals surface area contributed by atoms with Crippen LogP contribution < -0.4 is 10.9 Å². The SMILES string of the molecule is COC(=O)c1c[nH]c(=O)cc1Nc1cc(Cl)ccc1C. The number of aromatic nitrogens is 1. The number of pyridine rings is 1. The average Bonchev–Trinajstić information content (AvgIpc) is 2.42. The molecule has 1 aromatic heterocycles. The number of nitrogens with one attached hydrogen (secondary N) is 2. The van der Waals surface area contributed by atoms with Crippen LogP contribution in [0.25, 0.3) is 0 Å². The summed E-state index contributed by atoms with van der Waals surface area (Å²) in [5.41, 5.74) is 1.94. The number of aromatic amines is 1. The van der Waals surface area contributed by atoms with E-state index in [-0.39, 0.29) is 11.1 Å². The fourth-order valence-electron chi connectivity index (χ4n) is 1.73. The van der Waals surface area contributed by atoms with E-state index in [0.717, 1.165) is 5.56 Å². The molecule has 0 saturated carbocycles. The van der Waals surface area contributed by atoms with E-state index < -0.39 is 5.97 Å². The number of esters is 1. The van der Waals surface area contributed by atoms with Gasteiger partial charge in [-0.2, -0.15) is 0 Å². The van der Waals surface area contributed by atoms with Crippen LogP contribution in [-0.4, -0.2) is 18.1 Å². The molecular weight excluding hydrogens is 280 g/mol. The van der Waals surface area contributed by atoms with Crippen LogP contribution in [0.15, 0.2) is 35.3 Å². The summed E-state index contributed by atoms with van der Waals surface area (Å²) in [7, 11) is 1.28. The summed E-state index contributed by atoms with van der Waals surface area (Å²) in [5.74, 6) is -0.538. The number of halogens is 1. The van der Waals surface area contributed by atoms with Crippen molar-refractivity contribution < 1.29 is 9.53 Å². The molecule has 2 aromatic rings. The van der Waals surface area contributed by atoms with Crippen molar-refractivity contribution in [2.75, 3.05) is 12.4 Å². The maximum Gasteiger partial charge on any atom is 0.341 e. The number of methoxy groups -OCH3 is 1. The lowest BCUT2D eigenvalue weighted by atomic mass is 10.1. The highest BCUT2D eigenvalue weighted by molar-refractivity contribution is 6.30. The van der Waals surface area contributed by atoms with Gasteiger partial charge in [-0.1, -0.05) is 17.7 Å². The van der Waals surface area contributed by atoms with E-state index in [2.05, 4.69) is 15.0 Å². The number of benzene rings is 1. The molecule has 0 fully saturated rings. The first-order valence-corrected chi connectivity index (χ1v) is 6.23. The molecule has 2 N–H and O–H groups in total. The zero-order chi connectivity index (χ0) is 14.7. The molecule has 5 nitrogen and oxygen atoms in total. The van der Waals surface area contributed by atoms with Crippen LogP contribution >= 0.6 is 11.6 Å². The van der Waals surface area contributed by atoms with Gasteiger partial charge in [0.1, 0.15) is 0 Å². The molecule has 0 saturated heterocycles. The summed E-state index contributed by atoms with van der Waals surface area (Å²) in [5, 5.41) is 3.59. The molecule has 0 atom stereocenters. The largest absolute Gasteiger partial charge is 0.465 e. The molecule has 0 amide bonds. The minimum absolute atomic E-state index is 0.242. The van der Waals surface area contributed by atoms with Gasteiger partial charge in [-0.15, -0.1) is 0 Å². The molecule has 1 aromatic carbocycles. The zero-order valence-corrected chi connectivity index (χ0v) is 11.7. The van der Waals surface area contributed by atoms with Crippen LogP contribution in [0.5, 0.6) is 0 Å². The van der Waals surface area contributed by atoms with Crippen molar-refractivity contribution >= 4 is 28.9 Å². The van der Waals surface area contributed by atoms with Crippen molar-refractivity contribution in [2.45, 2.75) is 6.92 Å². The first kappa shape index (κ1) is 14.1. The number of carbonyl (C=O) groups excluding carboxylic acids is 1. The van der Waals surface area contributed by atoms with Gasteiger partial charge in [-0.3, -0.25) is 4.79 Å². The number of carbonyl (C=O) groups is 1. The normalized spacial score (nSPS) is 10.2. The topological polar surface area (TPSA) is 71.2 Å². The maximum atomic E-state index is 11.7. The average molecular weight is 293 g/mol. The first-order chi connectivity index (χ1) is 9.51. The number of anilines is 2. The van der Waals surface area contributed by atoms with Gasteiger partial charge in [0.25, 0.3) is 0 Å². The van der Waals surface area contributed by atoms with E-state index >= 15 is 0 Å². The number of aryl methyl sites for hydroxylation is 1. The lowest BCUT2D eigenvalue weighted by Gasteiger charge is -2.12. The molecule has 20 heavy (non-hydrogen) atoms. The second-order valence-electron chi connectivity index (χ2n) is 4.20. The molecule has 0 aliphatic carbocycles. The van der Waals surface area contributed by atoms with Crippen molar-refractivity contribution in [3.05, 3.63) is 57.0 Å². The zero-order valence-electron chi connectivity index (χ0n) is 11.0. The Kier molecular flexibility index (Phi) is 4.10. The Labute approximate surface area is 120 Å². The van der Waals surface area contributed by atoms with Crippen LogP contribution in [0, 0.1) is 6.92 Å². The predicted molar refractivity (Wildman–Crippen MR) is 77.9 cm³/mol. The highest BCUT2D eigenvalue weighted by atomic mass is 35.5. The number of H-pyrrole nitrogens is 1. The van der Waals surface area contributed by atoms with Crippen molar-refractivity contribution in [3.8, 4) is 0 Å². The summed E-state index contributed by atoms with van der Waals surface area (Å²) >= 11 is 5.94. The van der Waals surface area contributed by atoms with Gasteiger partial charge in [-0.05, 0) is 24.6 Å². The third kappa shape index (κ3) is 3.00. The third-order valence-electron chi connectivity index (χ3n) is 2.80. The molecule has 2 rings (SSSR count). The van der Waals surface area contributed by atoms with Crippen molar-refractivity contribution in [1.29, 1.82) is 0 Å². The molecular formula is C14H13ClN2O3. The summed E-state index contributed by atoms with van der Waals surface area (Å²) < 4.78 is 4.68. The second-order valence-corrected chi connectivity index (χ2v) is 4.64. The first-order valence-electron chi connectivity index (χ1n) is 5.85. The summed E-state index contributed by atoms with van der Waals surface area (Å²) in [6.45, 7) is 1.89. The molecule has 0 aliphatic rings. The van der Waals surface area contributed by atoms with Crippen LogP contribution in [0.1, 0.15) is 15.9 Å². The molecule has 0 aliphatic heterocycles. The van der Waals surface area contributed by atoms with Gasteiger partial charge < -0.3 is 15.0 Å². The predicted octanol–water partition coefficient (Wildman–Crippen LogP) is 2.87. The minimum Gasteiger partial charge on any atom is -0.465 e. The summed E-state index contributed by atoms with van der Waals surface area (Å²) in [6, 6.07) is 6.63. The van der Waals surface area contributed by atoms with Crippen LogP contribution in [0.2, 0.25) is 5.02 Å². The highest BCUT2D eigenvalue weighted by Gasteiger charge is 2.13. The van der Waals surface area contributed by atoms with Gasteiger partial charge in [0.15, 0.2) is 0 Å². The Balaban J connectivity index is 2.47. The van der Waals surface area contributed by atoms with E-state index in [1.54, 1.807) is 12.1 Å². The lowest BCUT2D eigenvalue weighted by molar-refractivity contribution is 0.0601. The van der Waals surface area contributed by atoms with Gasteiger partial charge in [-0.25, -0.2) is 4.79 Å². The number of ether oxygens (including phenoxy) is 1. The van der Waals surface area contributed by atoms with E-state index in [1.165, 1.54) is 19.4 Å². The monoisotopic (exact) mass is 292 g/mol. The van der Waals surface area contributed by atoms with Crippen molar-refractivity contribution in [2.24, 2.45) is 0 Å². The van der Waals surface area contributed by atoms with Gasteiger partial charge in [0, 0.05) is 23.0 Å². The fourth-order valence-corrected chi connectivity index (χ4v) is 1.90. The van der Waals surface area contributed by atoms with Crippen molar-refractivity contribution in [1.82, 2.24) is 4.98 Å². The highest BCUT2D eigenvalue weighted by Crippen LogP contribution is 2.25. The van der Waals surface area contributed by atoms with Crippen LogP contribution in [0.4, 0.5) is 11.4 Å². The minimum atomic E-state index is -0.538. The molecule has 104 valence electrons. The standard InChI is InChI=1S/C14H13ClN2O3/c1-8-3-4-9(15)5-11(8)17-12-6-13(18)16-7-10(12)14(19)20-2/h3-7H,1-2H3,(H2,16,17,18). The molecule has 0 spiro atoms. The molecule has 0 bridgehead atoms. The smallest absolute Gasteiger partial charge is 0.341 e. The number of hydrogen-bond donors (Lipinski definition) is 2. The van der Waals surface area contributed by atoms with E-state index in [4.69, 9.17) is 11.6 Å². The van der Waals surface area contributed by atoms with E-state index in [1.807, 2.05) is 13.0 Å². The molecule has 6 heteroatoms. The molecule has 0 unspecified atom stereocenters. The van der Waals surface area contributed by atoms with Gasteiger partial charge in [0.2, 0.25) is 5.56 Å². The quantitative estimate of drug-likeness (QED) is 0.853. The summed E-state index contributed by atoms with van der Waals surface area (Å²) in [6.07, 6.45) is 1.32. The number of rotatable bonds is 3. The molecule has 1 heterocycles. The van der Waals surface area contributed by atoms with Crippen LogP contribution in [-0.2, 0) is 4.74 Å². The lowest BCUT2D eigenvalue weighted by Crippen LogP contribution is -2.12. The Bertz CT molecular complexity index is 710. The summed E-state index contributed by atoms with van der Waals surface area (Å²) in [4.78, 5) is 25.5. The number of hydrogen-bond acceptors (Lipinski definition) is 4. The Morgan fingerprint density at radius 3 is 2.75 bits per heavy atom. The fraction of sp³-hybridized carbons (Fsp3) is 0.143. The Hall–Kier alpha value is -2.27. The third-order valence-corrected chi connectivity index (χ3v) is 3.03. The Morgan fingerprint density at radius 2 is 2.05 bits per heavy atom. The van der Waals surface area contributed by atoms with E-state index in [9.17, 15) is 9.59 Å². The van der Waals surface area contributed by atoms with Gasteiger partial charge >= 0.3 is 5.97 Å². The Morgan fingerprint density at radius 1 is 1.30 bits per heavy atom. The van der Waals surface area contributed by atoms with Crippen molar-refractivity contribution in [3.63, 3.8) is 0 Å². The maximum absolute atomic E-state index is 11.7. The van der Waals surface area contributed by atoms with Crippen LogP contribution in [0.3, 0.4) is 0 Å². The van der Waals surface area contributed by atoms with Gasteiger partial charge in [0.05, 0.1) is 18.4 Å². The molecule has 0 radical (unpaired) electrons.